The van der Waals surface area contributed by atoms with Crippen LogP contribution in [-0.2, 0) is 10.2 Å². The standard InChI is InChI=1S/C11H17N3O3S/c1-10(2,3)7-6(18-14-13-7)8(15)12-11(4,5)9(16)17/h1-5H3,(H,12,15)(H,16,17). The van der Waals surface area contributed by atoms with Gasteiger partial charge in [0.1, 0.15) is 10.4 Å². The highest BCUT2D eigenvalue weighted by Gasteiger charge is 2.33. The van der Waals surface area contributed by atoms with Gasteiger partial charge in [0.25, 0.3) is 5.91 Å². The van der Waals surface area contributed by atoms with Crippen LogP contribution in [0.2, 0.25) is 0 Å². The summed E-state index contributed by atoms with van der Waals surface area (Å²) in [4.78, 5) is 23.4. The fourth-order valence-electron chi connectivity index (χ4n) is 1.22. The fraction of sp³-hybridized carbons (Fsp3) is 0.636. The zero-order valence-electron chi connectivity index (χ0n) is 11.1. The van der Waals surface area contributed by atoms with Crippen molar-refractivity contribution in [3.63, 3.8) is 0 Å². The minimum atomic E-state index is -1.32. The Balaban J connectivity index is 3.00. The van der Waals surface area contributed by atoms with Gasteiger partial charge in [-0.2, -0.15) is 0 Å². The molecule has 0 aliphatic carbocycles. The van der Waals surface area contributed by atoms with Crippen LogP contribution in [-0.4, -0.2) is 32.1 Å². The molecule has 0 aliphatic heterocycles. The summed E-state index contributed by atoms with van der Waals surface area (Å²) < 4.78 is 3.77. The lowest BCUT2D eigenvalue weighted by Crippen LogP contribution is -2.49. The van der Waals surface area contributed by atoms with E-state index < -0.39 is 17.4 Å². The summed E-state index contributed by atoms with van der Waals surface area (Å²) in [5.74, 6) is -1.55. The van der Waals surface area contributed by atoms with Gasteiger partial charge in [-0.05, 0) is 25.4 Å². The van der Waals surface area contributed by atoms with E-state index in [4.69, 9.17) is 5.11 Å². The number of carbonyl (C=O) groups is 2. The third-order valence-electron chi connectivity index (χ3n) is 2.37. The second-order valence-corrected chi connectivity index (χ2v) is 6.34. The van der Waals surface area contributed by atoms with Crippen molar-refractivity contribution in [3.8, 4) is 0 Å². The highest BCUT2D eigenvalue weighted by atomic mass is 32.1. The van der Waals surface area contributed by atoms with Crippen LogP contribution in [0.3, 0.4) is 0 Å². The Labute approximate surface area is 110 Å². The lowest BCUT2D eigenvalue weighted by atomic mass is 9.91. The van der Waals surface area contributed by atoms with Crippen LogP contribution in [0, 0.1) is 0 Å². The first-order chi connectivity index (χ1) is 8.05. The second-order valence-electron chi connectivity index (χ2n) is 5.58. The third kappa shape index (κ3) is 3.04. The predicted octanol–water partition coefficient (Wildman–Crippen LogP) is 1.43. The van der Waals surface area contributed by atoms with Crippen LogP contribution in [0.1, 0.15) is 50.0 Å². The van der Waals surface area contributed by atoms with Gasteiger partial charge in [0.2, 0.25) is 0 Å². The largest absolute Gasteiger partial charge is 0.480 e. The van der Waals surface area contributed by atoms with E-state index in [0.29, 0.717) is 10.6 Å². The molecule has 0 saturated heterocycles. The molecule has 0 saturated carbocycles. The Morgan fingerprint density at radius 3 is 2.22 bits per heavy atom. The quantitative estimate of drug-likeness (QED) is 0.867. The second kappa shape index (κ2) is 4.64. The van der Waals surface area contributed by atoms with E-state index in [1.165, 1.54) is 13.8 Å². The Morgan fingerprint density at radius 1 is 1.22 bits per heavy atom. The number of aromatic nitrogens is 2. The van der Waals surface area contributed by atoms with E-state index in [-0.39, 0.29) is 5.41 Å². The van der Waals surface area contributed by atoms with Crippen LogP contribution in [0.5, 0.6) is 0 Å². The van der Waals surface area contributed by atoms with Gasteiger partial charge in [0, 0.05) is 5.41 Å². The Kier molecular flexibility index (Phi) is 3.75. The molecule has 0 spiro atoms. The highest BCUT2D eigenvalue weighted by Crippen LogP contribution is 2.26. The van der Waals surface area contributed by atoms with Crippen molar-refractivity contribution >= 4 is 23.4 Å². The molecule has 1 aromatic rings. The molecule has 0 bridgehead atoms. The number of nitrogens with one attached hydrogen (secondary N) is 1. The maximum atomic E-state index is 12.0. The zero-order valence-corrected chi connectivity index (χ0v) is 11.9. The topological polar surface area (TPSA) is 92.2 Å². The summed E-state index contributed by atoms with van der Waals surface area (Å²) in [6.45, 7) is 8.62. The molecule has 0 radical (unpaired) electrons. The number of amides is 1. The lowest BCUT2D eigenvalue weighted by molar-refractivity contribution is -0.143. The number of carbonyl (C=O) groups excluding carboxylic acids is 1. The van der Waals surface area contributed by atoms with Crippen molar-refractivity contribution in [2.45, 2.75) is 45.6 Å². The molecule has 1 heterocycles. The van der Waals surface area contributed by atoms with Gasteiger partial charge >= 0.3 is 5.97 Å². The normalized spacial score (nSPS) is 12.3. The Morgan fingerprint density at radius 2 is 1.78 bits per heavy atom. The van der Waals surface area contributed by atoms with Gasteiger partial charge in [-0.1, -0.05) is 25.3 Å². The summed E-state index contributed by atoms with van der Waals surface area (Å²) in [5, 5.41) is 15.4. The van der Waals surface area contributed by atoms with Crippen molar-refractivity contribution in [3.05, 3.63) is 10.6 Å². The molecule has 1 aromatic heterocycles. The summed E-state index contributed by atoms with van der Waals surface area (Å²) in [7, 11) is 0. The van der Waals surface area contributed by atoms with Gasteiger partial charge < -0.3 is 10.4 Å². The lowest BCUT2D eigenvalue weighted by Gasteiger charge is -2.22. The monoisotopic (exact) mass is 271 g/mol. The molecule has 0 aliphatic rings. The molecular weight excluding hydrogens is 254 g/mol. The number of hydrogen-bond acceptors (Lipinski definition) is 5. The smallest absolute Gasteiger partial charge is 0.328 e. The van der Waals surface area contributed by atoms with E-state index in [0.717, 1.165) is 11.5 Å². The van der Waals surface area contributed by atoms with Crippen molar-refractivity contribution in [2.24, 2.45) is 0 Å². The van der Waals surface area contributed by atoms with Gasteiger partial charge in [0.15, 0.2) is 0 Å². The van der Waals surface area contributed by atoms with Crippen LogP contribution < -0.4 is 5.32 Å². The first kappa shape index (κ1) is 14.6. The predicted molar refractivity (Wildman–Crippen MR) is 67.8 cm³/mol. The molecule has 100 valence electrons. The molecule has 6 nitrogen and oxygen atoms in total. The molecule has 7 heteroatoms. The molecule has 1 rings (SSSR count). The highest BCUT2D eigenvalue weighted by molar-refractivity contribution is 7.08. The van der Waals surface area contributed by atoms with Crippen LogP contribution in [0.4, 0.5) is 0 Å². The van der Waals surface area contributed by atoms with E-state index >= 15 is 0 Å². The maximum Gasteiger partial charge on any atom is 0.328 e. The summed E-state index contributed by atoms with van der Waals surface area (Å²) in [5.41, 5.74) is -1.06. The molecule has 0 atom stereocenters. The van der Waals surface area contributed by atoms with E-state index in [1.54, 1.807) is 0 Å². The SMILES string of the molecule is CC(C)(NC(=O)c1snnc1C(C)(C)C)C(=O)O. The fourth-order valence-corrected chi connectivity index (χ4v) is 2.00. The average molecular weight is 271 g/mol. The number of carboxylic acid groups (broad SMARTS) is 1. The van der Waals surface area contributed by atoms with Gasteiger partial charge in [-0.15, -0.1) is 5.10 Å². The minimum Gasteiger partial charge on any atom is -0.480 e. The molecule has 18 heavy (non-hydrogen) atoms. The third-order valence-corrected chi connectivity index (χ3v) is 3.09. The van der Waals surface area contributed by atoms with Crippen LogP contribution in [0.15, 0.2) is 0 Å². The zero-order chi connectivity index (χ0) is 14.1. The van der Waals surface area contributed by atoms with E-state index in [1.807, 2.05) is 20.8 Å². The number of rotatable bonds is 3. The molecule has 0 fully saturated rings. The van der Waals surface area contributed by atoms with Gasteiger partial charge in [0.05, 0.1) is 5.69 Å². The number of aliphatic carboxylic acids is 1. The first-order valence-electron chi connectivity index (χ1n) is 5.44. The van der Waals surface area contributed by atoms with Crippen molar-refractivity contribution in [1.82, 2.24) is 14.9 Å². The molecule has 1 amide bonds. The van der Waals surface area contributed by atoms with Gasteiger partial charge in [-0.25, -0.2) is 4.79 Å². The minimum absolute atomic E-state index is 0.312. The Bertz CT molecular complexity index is 474. The number of nitrogens with zero attached hydrogens (tertiary/aromatic N) is 2. The summed E-state index contributed by atoms with van der Waals surface area (Å²) in [6.07, 6.45) is 0. The van der Waals surface area contributed by atoms with Crippen LogP contribution in [0.25, 0.3) is 0 Å². The van der Waals surface area contributed by atoms with E-state index in [2.05, 4.69) is 14.9 Å². The van der Waals surface area contributed by atoms with E-state index in [9.17, 15) is 9.59 Å². The van der Waals surface area contributed by atoms with Gasteiger partial charge in [-0.3, -0.25) is 4.79 Å². The number of hydrogen-bond donors (Lipinski definition) is 2. The summed E-state index contributed by atoms with van der Waals surface area (Å²) in [6, 6.07) is 0. The molecule has 2 N–H and O–H groups in total. The van der Waals surface area contributed by atoms with Crippen LogP contribution >= 0.6 is 11.5 Å². The molecule has 0 aromatic carbocycles. The molecule has 0 unspecified atom stereocenters. The molecular formula is C11H17N3O3S. The Hall–Kier alpha value is -1.50. The van der Waals surface area contributed by atoms with Crippen molar-refractivity contribution in [1.29, 1.82) is 0 Å². The van der Waals surface area contributed by atoms with Crippen molar-refractivity contribution < 1.29 is 14.7 Å². The first-order valence-corrected chi connectivity index (χ1v) is 6.22. The maximum absolute atomic E-state index is 12.0. The number of carboxylic acids is 1. The summed E-state index contributed by atoms with van der Waals surface area (Å²) >= 11 is 0.971. The van der Waals surface area contributed by atoms with Crippen molar-refractivity contribution in [2.75, 3.05) is 0 Å². The average Bonchev–Trinajstić information content (AvgIpc) is 2.63.